The van der Waals surface area contributed by atoms with Gasteiger partial charge in [0.1, 0.15) is 30.6 Å². The van der Waals surface area contributed by atoms with Crippen LogP contribution < -0.4 is 19.7 Å². The Bertz CT molecular complexity index is 1350. The number of nitrogens with one attached hydrogen (secondary N) is 1. The Morgan fingerprint density at radius 2 is 1.74 bits per heavy atom. The van der Waals surface area contributed by atoms with Gasteiger partial charge >= 0.3 is 12.0 Å². The summed E-state index contributed by atoms with van der Waals surface area (Å²) in [5.74, 6) is 0.373. The lowest BCUT2D eigenvalue weighted by Crippen LogP contribution is -2.52. The monoisotopic (exact) mass is 534 g/mol. The highest BCUT2D eigenvalue weighted by molar-refractivity contribution is 6.00. The Kier molecular flexibility index (Phi) is 8.43. The van der Waals surface area contributed by atoms with Gasteiger partial charge in [0.05, 0.1) is 37.9 Å². The highest BCUT2D eigenvalue weighted by Crippen LogP contribution is 2.45. The number of para-hydroxylation sites is 2. The van der Waals surface area contributed by atoms with Crippen molar-refractivity contribution in [2.24, 2.45) is 0 Å². The van der Waals surface area contributed by atoms with Gasteiger partial charge in [-0.15, -0.1) is 0 Å². The molecule has 1 aliphatic rings. The minimum absolute atomic E-state index is 0.215. The number of carbonyl (C=O) groups is 3. The van der Waals surface area contributed by atoms with Gasteiger partial charge in [0.15, 0.2) is 0 Å². The smallest absolute Gasteiger partial charge is 0.325 e. The second-order valence-corrected chi connectivity index (χ2v) is 9.25. The summed E-state index contributed by atoms with van der Waals surface area (Å²) in [4.78, 5) is 42.2. The summed E-state index contributed by atoms with van der Waals surface area (Å²) in [6.45, 7) is 5.04. The topological polar surface area (TPSA) is 102 Å². The number of amides is 3. The van der Waals surface area contributed by atoms with E-state index in [2.05, 4.69) is 9.88 Å². The van der Waals surface area contributed by atoms with Gasteiger partial charge in [-0.3, -0.25) is 14.5 Å². The van der Waals surface area contributed by atoms with E-state index in [1.165, 1.54) is 4.90 Å². The van der Waals surface area contributed by atoms with Crippen molar-refractivity contribution in [2.75, 3.05) is 38.8 Å². The van der Waals surface area contributed by atoms with Crippen LogP contribution in [0.3, 0.4) is 0 Å². The number of rotatable bonds is 9. The van der Waals surface area contributed by atoms with E-state index in [-0.39, 0.29) is 31.6 Å². The lowest BCUT2D eigenvalue weighted by Gasteiger charge is -2.40. The van der Waals surface area contributed by atoms with Crippen LogP contribution in [0.25, 0.3) is 5.69 Å². The van der Waals surface area contributed by atoms with Gasteiger partial charge in [0, 0.05) is 17.8 Å². The first kappa shape index (κ1) is 27.6. The fraction of sp³-hybridized carbons (Fsp3) is 0.345. The molecule has 3 aromatic rings. The lowest BCUT2D eigenvalue weighted by atomic mass is 9.96. The molecule has 2 heterocycles. The predicted octanol–water partition coefficient (Wildman–Crippen LogP) is 3.91. The first-order valence-corrected chi connectivity index (χ1v) is 12.8. The fourth-order valence-corrected chi connectivity index (χ4v) is 4.78. The highest BCUT2D eigenvalue weighted by atomic mass is 16.5. The van der Waals surface area contributed by atoms with Crippen LogP contribution in [-0.2, 0) is 14.3 Å². The molecule has 1 N–H and O–H groups in total. The Hall–Kier alpha value is -4.47. The number of fused-ring (bicyclic) bond motifs is 3. The van der Waals surface area contributed by atoms with Gasteiger partial charge in [-0.2, -0.15) is 0 Å². The molecule has 206 valence electrons. The molecule has 0 saturated carbocycles. The molecule has 1 atom stereocenters. The Morgan fingerprint density at radius 1 is 1.00 bits per heavy atom. The molecule has 1 aromatic heterocycles. The Morgan fingerprint density at radius 3 is 2.41 bits per heavy atom. The molecular formula is C29H34N4O6. The second-order valence-electron chi connectivity index (χ2n) is 9.25. The van der Waals surface area contributed by atoms with E-state index in [1.54, 1.807) is 32.1 Å². The largest absolute Gasteiger partial charge is 0.497 e. The maximum Gasteiger partial charge on any atom is 0.325 e. The number of anilines is 1. The summed E-state index contributed by atoms with van der Waals surface area (Å²) >= 11 is 0. The van der Waals surface area contributed by atoms with Crippen molar-refractivity contribution in [2.45, 2.75) is 32.9 Å². The van der Waals surface area contributed by atoms with E-state index in [1.807, 2.05) is 68.6 Å². The third-order valence-corrected chi connectivity index (χ3v) is 6.60. The molecule has 2 aromatic carbocycles. The van der Waals surface area contributed by atoms with Crippen LogP contribution >= 0.6 is 0 Å². The zero-order chi connectivity index (χ0) is 28.1. The van der Waals surface area contributed by atoms with Crippen molar-refractivity contribution in [1.82, 2.24) is 14.8 Å². The highest BCUT2D eigenvalue weighted by Gasteiger charge is 2.39. The van der Waals surface area contributed by atoms with Gasteiger partial charge in [-0.25, -0.2) is 4.79 Å². The number of methoxy groups -OCH3 is 2. The number of nitrogens with zero attached hydrogens (tertiary/aromatic N) is 3. The predicted molar refractivity (Wildman–Crippen MR) is 147 cm³/mol. The van der Waals surface area contributed by atoms with Crippen LogP contribution in [0, 0.1) is 0 Å². The maximum atomic E-state index is 14.2. The molecular weight excluding hydrogens is 500 g/mol. The number of urea groups is 1. The number of benzene rings is 2. The SMILES string of the molecule is CCOC(=O)CNC(=O)N(CC(=O)N1c2ccccc2-n2cccc2C1c1cc(OC)ccc1OC)C(C)C. The fourth-order valence-electron chi connectivity index (χ4n) is 4.78. The van der Waals surface area contributed by atoms with E-state index in [4.69, 9.17) is 14.2 Å². The molecule has 4 rings (SSSR count). The number of hydrogen-bond donors (Lipinski definition) is 1. The third-order valence-electron chi connectivity index (χ3n) is 6.60. The van der Waals surface area contributed by atoms with E-state index < -0.39 is 18.0 Å². The molecule has 0 radical (unpaired) electrons. The van der Waals surface area contributed by atoms with Gasteiger partial charge < -0.3 is 29.0 Å². The zero-order valence-electron chi connectivity index (χ0n) is 22.8. The van der Waals surface area contributed by atoms with E-state index in [0.29, 0.717) is 17.2 Å². The molecule has 39 heavy (non-hydrogen) atoms. The number of aromatic nitrogens is 1. The standard InChI is InChI=1S/C29H34N4O6/c1-6-39-27(35)17-30-29(36)32(19(2)3)18-26(34)33-23-11-8-7-10-22(23)31-15-9-12-24(31)28(33)21-16-20(37-4)13-14-25(21)38-5/h7-16,19,28H,6,17-18H2,1-5H3,(H,30,36). The van der Waals surface area contributed by atoms with Crippen molar-refractivity contribution in [3.05, 3.63) is 72.1 Å². The third kappa shape index (κ3) is 5.55. The average molecular weight is 535 g/mol. The van der Waals surface area contributed by atoms with Gasteiger partial charge in [-0.05, 0) is 63.2 Å². The first-order valence-electron chi connectivity index (χ1n) is 12.8. The molecule has 1 aliphatic heterocycles. The van der Waals surface area contributed by atoms with Crippen molar-refractivity contribution in [3.8, 4) is 17.2 Å². The van der Waals surface area contributed by atoms with Crippen LogP contribution in [0.1, 0.15) is 38.1 Å². The van der Waals surface area contributed by atoms with E-state index in [0.717, 1.165) is 16.9 Å². The normalized spacial score (nSPS) is 13.8. The summed E-state index contributed by atoms with van der Waals surface area (Å²) in [6.07, 6.45) is 1.96. The lowest BCUT2D eigenvalue weighted by molar-refractivity contribution is -0.141. The molecule has 0 bridgehead atoms. The second kappa shape index (κ2) is 11.9. The molecule has 1 unspecified atom stereocenters. The number of carbonyl (C=O) groups excluding carboxylic acids is 3. The molecule has 10 heteroatoms. The summed E-state index contributed by atoms with van der Waals surface area (Å²) in [7, 11) is 3.17. The summed E-state index contributed by atoms with van der Waals surface area (Å²) in [6, 6.07) is 15.6. The molecule has 0 spiro atoms. The molecule has 0 aliphatic carbocycles. The van der Waals surface area contributed by atoms with Gasteiger partial charge in [0.25, 0.3) is 0 Å². The van der Waals surface area contributed by atoms with Crippen molar-refractivity contribution < 1.29 is 28.6 Å². The quantitative estimate of drug-likeness (QED) is 0.418. The number of ether oxygens (including phenoxy) is 3. The zero-order valence-corrected chi connectivity index (χ0v) is 22.8. The molecule has 0 fully saturated rings. The van der Waals surface area contributed by atoms with Crippen molar-refractivity contribution >= 4 is 23.6 Å². The van der Waals surface area contributed by atoms with Crippen LogP contribution in [0.15, 0.2) is 60.8 Å². The van der Waals surface area contributed by atoms with Crippen molar-refractivity contribution in [3.63, 3.8) is 0 Å². The number of hydrogen-bond acceptors (Lipinski definition) is 6. The minimum Gasteiger partial charge on any atom is -0.497 e. The van der Waals surface area contributed by atoms with Crippen LogP contribution in [0.4, 0.5) is 10.5 Å². The molecule has 0 saturated heterocycles. The van der Waals surface area contributed by atoms with E-state index in [9.17, 15) is 14.4 Å². The van der Waals surface area contributed by atoms with Crippen molar-refractivity contribution in [1.29, 1.82) is 0 Å². The minimum atomic E-state index is -0.566. The maximum absolute atomic E-state index is 14.2. The Balaban J connectivity index is 1.76. The first-order chi connectivity index (χ1) is 18.8. The Labute approximate surface area is 228 Å². The van der Waals surface area contributed by atoms with Crippen LogP contribution in [-0.4, -0.2) is 67.3 Å². The summed E-state index contributed by atoms with van der Waals surface area (Å²) < 4.78 is 18.2. The van der Waals surface area contributed by atoms with E-state index >= 15 is 0 Å². The van der Waals surface area contributed by atoms with Gasteiger partial charge in [0.2, 0.25) is 5.91 Å². The molecule has 3 amide bonds. The average Bonchev–Trinajstić information content (AvgIpc) is 3.43. The summed E-state index contributed by atoms with van der Waals surface area (Å²) in [5, 5.41) is 2.56. The van der Waals surface area contributed by atoms with Crippen LogP contribution in [0.2, 0.25) is 0 Å². The summed E-state index contributed by atoms with van der Waals surface area (Å²) in [5.41, 5.74) is 3.13. The molecule has 10 nitrogen and oxygen atoms in total. The van der Waals surface area contributed by atoms with Gasteiger partial charge in [-0.1, -0.05) is 12.1 Å². The van der Waals surface area contributed by atoms with Crippen LogP contribution in [0.5, 0.6) is 11.5 Å². The number of esters is 1.